The van der Waals surface area contributed by atoms with E-state index in [0.29, 0.717) is 46.5 Å². The van der Waals surface area contributed by atoms with Crippen molar-refractivity contribution in [3.8, 4) is 0 Å². The van der Waals surface area contributed by atoms with Crippen molar-refractivity contribution in [2.24, 2.45) is 16.7 Å². The van der Waals surface area contributed by atoms with Crippen molar-refractivity contribution in [1.29, 1.82) is 0 Å². The lowest BCUT2D eigenvalue weighted by Gasteiger charge is -2.39. The monoisotopic (exact) mass is 432 g/mol. The number of nitrogens with zero attached hydrogens (tertiary/aromatic N) is 1. The molecule has 2 aliphatic carbocycles. The molecule has 1 aromatic rings. The molecule has 1 amide bonds. The third-order valence-electron chi connectivity index (χ3n) is 7.11. The van der Waals surface area contributed by atoms with E-state index in [4.69, 9.17) is 4.74 Å². The molecule has 5 nitrogen and oxygen atoms in total. The van der Waals surface area contributed by atoms with Gasteiger partial charge < -0.3 is 10.1 Å². The first kappa shape index (κ1) is 21.8. The molecule has 2 bridgehead atoms. The number of anilines is 1. The molecule has 0 aromatic carbocycles. The lowest BCUT2D eigenvalue weighted by atomic mass is 9.65. The molecule has 3 atom stereocenters. The van der Waals surface area contributed by atoms with Gasteiger partial charge in [0.2, 0.25) is 5.91 Å². The average molecular weight is 433 g/mol. The lowest BCUT2D eigenvalue weighted by molar-refractivity contribution is -0.117. The Balaban J connectivity index is 1.50. The highest BCUT2D eigenvalue weighted by atomic mass is 32.1. The molecule has 2 fully saturated rings. The predicted molar refractivity (Wildman–Crippen MR) is 121 cm³/mol. The Morgan fingerprint density at radius 1 is 1.27 bits per heavy atom. The number of likely N-dealkylation sites (tertiary alicyclic amines) is 1. The number of nitrogens with one attached hydrogen (secondary N) is 1. The van der Waals surface area contributed by atoms with Gasteiger partial charge in [0, 0.05) is 17.5 Å². The third kappa shape index (κ3) is 4.31. The van der Waals surface area contributed by atoms with Crippen LogP contribution in [-0.2, 0) is 22.4 Å². The number of fused-ring (bicyclic) bond motifs is 3. The second kappa shape index (κ2) is 7.94. The zero-order chi connectivity index (χ0) is 21.7. The summed E-state index contributed by atoms with van der Waals surface area (Å²) in [6.07, 6.45) is 6.49. The smallest absolute Gasteiger partial charge is 0.341 e. The third-order valence-corrected chi connectivity index (χ3v) is 8.28. The number of thiophene rings is 1. The SMILES string of the molecule is CCOC(=O)c1c(NC(=O)CN2C[C@]3(C)C[C@@H]2CC(C)(C)C3)sc2c1CC[C@@H](C)C2. The number of hydrogen-bond acceptors (Lipinski definition) is 5. The van der Waals surface area contributed by atoms with E-state index in [1.54, 1.807) is 11.3 Å². The van der Waals surface area contributed by atoms with Crippen molar-refractivity contribution >= 4 is 28.2 Å². The van der Waals surface area contributed by atoms with E-state index in [1.807, 2.05) is 6.92 Å². The minimum Gasteiger partial charge on any atom is -0.462 e. The van der Waals surface area contributed by atoms with Crippen LogP contribution in [0.2, 0.25) is 0 Å². The Kier molecular flexibility index (Phi) is 5.77. The van der Waals surface area contributed by atoms with Crippen molar-refractivity contribution < 1.29 is 14.3 Å². The van der Waals surface area contributed by atoms with Crippen LogP contribution in [-0.4, -0.2) is 42.5 Å². The molecule has 1 N–H and O–H groups in total. The van der Waals surface area contributed by atoms with Crippen molar-refractivity contribution in [2.75, 3.05) is 25.0 Å². The summed E-state index contributed by atoms with van der Waals surface area (Å²) in [6, 6.07) is 0.478. The van der Waals surface area contributed by atoms with Crippen LogP contribution < -0.4 is 5.32 Å². The van der Waals surface area contributed by atoms with Gasteiger partial charge in [-0.2, -0.15) is 0 Å². The molecule has 2 heterocycles. The van der Waals surface area contributed by atoms with Crippen LogP contribution >= 0.6 is 11.3 Å². The highest BCUT2D eigenvalue weighted by molar-refractivity contribution is 7.17. The minimum atomic E-state index is -0.300. The van der Waals surface area contributed by atoms with Gasteiger partial charge in [0.1, 0.15) is 5.00 Å². The van der Waals surface area contributed by atoms with Gasteiger partial charge >= 0.3 is 5.97 Å². The molecule has 3 aliphatic rings. The van der Waals surface area contributed by atoms with E-state index < -0.39 is 0 Å². The Labute approximate surface area is 184 Å². The Bertz CT molecular complexity index is 846. The van der Waals surface area contributed by atoms with Crippen LogP contribution in [0.1, 0.15) is 81.1 Å². The normalized spacial score (nSPS) is 30.0. The second-order valence-electron chi connectivity index (χ2n) is 10.9. The van der Waals surface area contributed by atoms with Crippen LogP contribution in [0.5, 0.6) is 0 Å². The van der Waals surface area contributed by atoms with Gasteiger partial charge in [0.05, 0.1) is 18.7 Å². The molecule has 0 radical (unpaired) electrons. The fraction of sp³-hybridized carbons (Fsp3) is 0.750. The van der Waals surface area contributed by atoms with Crippen LogP contribution in [0.4, 0.5) is 5.00 Å². The maximum absolute atomic E-state index is 13.0. The number of esters is 1. The van der Waals surface area contributed by atoms with Gasteiger partial charge in [0.25, 0.3) is 0 Å². The molecule has 1 saturated carbocycles. The number of carbonyl (C=O) groups excluding carboxylic acids is 2. The van der Waals surface area contributed by atoms with Crippen LogP contribution in [0.25, 0.3) is 0 Å². The summed E-state index contributed by atoms with van der Waals surface area (Å²) in [6.45, 7) is 12.9. The van der Waals surface area contributed by atoms with Crippen molar-refractivity contribution in [3.05, 3.63) is 16.0 Å². The fourth-order valence-corrected chi connectivity index (χ4v) is 7.79. The predicted octanol–water partition coefficient (Wildman–Crippen LogP) is 4.89. The first-order chi connectivity index (χ1) is 14.1. The summed E-state index contributed by atoms with van der Waals surface area (Å²) >= 11 is 1.57. The molecular formula is C24H36N2O3S. The number of amides is 1. The Morgan fingerprint density at radius 3 is 2.77 bits per heavy atom. The van der Waals surface area contributed by atoms with E-state index >= 15 is 0 Å². The summed E-state index contributed by atoms with van der Waals surface area (Å²) in [5.41, 5.74) is 2.34. The molecule has 1 aromatic heterocycles. The molecule has 0 unspecified atom stereocenters. The first-order valence-electron chi connectivity index (χ1n) is 11.4. The van der Waals surface area contributed by atoms with Crippen molar-refractivity contribution in [3.63, 3.8) is 0 Å². The molecule has 1 aliphatic heterocycles. The van der Waals surface area contributed by atoms with E-state index in [2.05, 4.69) is 37.9 Å². The first-order valence-corrected chi connectivity index (χ1v) is 12.3. The van der Waals surface area contributed by atoms with E-state index in [1.165, 1.54) is 17.7 Å². The minimum absolute atomic E-state index is 0.0128. The van der Waals surface area contributed by atoms with Gasteiger partial charge in [-0.25, -0.2) is 4.79 Å². The lowest BCUT2D eigenvalue weighted by Crippen LogP contribution is -2.38. The zero-order valence-electron chi connectivity index (χ0n) is 19.1. The summed E-state index contributed by atoms with van der Waals surface area (Å²) in [7, 11) is 0. The van der Waals surface area contributed by atoms with Crippen LogP contribution in [0.3, 0.4) is 0 Å². The summed E-state index contributed by atoms with van der Waals surface area (Å²) < 4.78 is 5.33. The number of rotatable bonds is 5. The zero-order valence-corrected chi connectivity index (χ0v) is 19.9. The number of carbonyl (C=O) groups is 2. The van der Waals surface area contributed by atoms with Gasteiger partial charge in [-0.3, -0.25) is 9.69 Å². The fourth-order valence-electron chi connectivity index (χ4n) is 6.37. The Morgan fingerprint density at radius 2 is 2.03 bits per heavy atom. The molecule has 4 rings (SSSR count). The van der Waals surface area contributed by atoms with E-state index in [0.717, 1.165) is 37.8 Å². The van der Waals surface area contributed by atoms with E-state index in [-0.39, 0.29) is 11.9 Å². The van der Waals surface area contributed by atoms with E-state index in [9.17, 15) is 9.59 Å². The summed E-state index contributed by atoms with van der Waals surface area (Å²) in [5.74, 6) is 0.301. The highest BCUT2D eigenvalue weighted by Crippen LogP contribution is 2.52. The maximum Gasteiger partial charge on any atom is 0.341 e. The molecule has 166 valence electrons. The van der Waals surface area contributed by atoms with Crippen LogP contribution in [0, 0.1) is 16.7 Å². The highest BCUT2D eigenvalue weighted by Gasteiger charge is 2.49. The van der Waals surface area contributed by atoms with Gasteiger partial charge in [-0.15, -0.1) is 11.3 Å². The maximum atomic E-state index is 13.0. The molecular weight excluding hydrogens is 396 g/mol. The Hall–Kier alpha value is -1.40. The van der Waals surface area contributed by atoms with Gasteiger partial charge in [0.15, 0.2) is 0 Å². The van der Waals surface area contributed by atoms with Gasteiger partial charge in [-0.05, 0) is 67.8 Å². The topological polar surface area (TPSA) is 58.6 Å². The number of ether oxygens (including phenoxy) is 1. The number of hydrogen-bond donors (Lipinski definition) is 1. The largest absolute Gasteiger partial charge is 0.462 e. The molecule has 30 heavy (non-hydrogen) atoms. The van der Waals surface area contributed by atoms with Crippen molar-refractivity contribution in [2.45, 2.75) is 79.2 Å². The molecule has 0 spiro atoms. The van der Waals surface area contributed by atoms with Gasteiger partial charge in [-0.1, -0.05) is 27.7 Å². The van der Waals surface area contributed by atoms with Crippen molar-refractivity contribution in [1.82, 2.24) is 4.90 Å². The van der Waals surface area contributed by atoms with Crippen LogP contribution in [0.15, 0.2) is 0 Å². The quantitative estimate of drug-likeness (QED) is 0.673. The average Bonchev–Trinajstić information content (AvgIpc) is 3.07. The summed E-state index contributed by atoms with van der Waals surface area (Å²) in [4.78, 5) is 29.3. The molecule has 1 saturated heterocycles. The standard InChI is InChI=1S/C24H36N2O3S/c1-6-29-22(28)20-17-8-7-15(2)9-18(17)30-21(20)25-19(27)12-26-14-24(5)11-16(26)10-23(3,4)13-24/h15-16H,6-14H2,1-5H3,(H,25,27)/t15-,16+,24-/m1/s1. The molecule has 6 heteroatoms. The second-order valence-corrected chi connectivity index (χ2v) is 12.0. The summed E-state index contributed by atoms with van der Waals surface area (Å²) in [5, 5.41) is 3.79.